The van der Waals surface area contributed by atoms with E-state index in [1.807, 2.05) is 35.2 Å². The second-order valence-corrected chi connectivity index (χ2v) is 15.7. The molecule has 0 radical (unpaired) electrons. The number of nitrogens with zero attached hydrogens (tertiary/aromatic N) is 1. The van der Waals surface area contributed by atoms with Crippen LogP contribution < -0.4 is 0 Å². The highest BCUT2D eigenvalue weighted by Gasteiger charge is 2.76. The number of amides is 1. The van der Waals surface area contributed by atoms with Crippen molar-refractivity contribution in [3.63, 3.8) is 0 Å². The highest BCUT2D eigenvalue weighted by atomic mass is 35.5. The van der Waals surface area contributed by atoms with Gasteiger partial charge in [-0.2, -0.15) is 0 Å². The van der Waals surface area contributed by atoms with Crippen LogP contribution in [0.25, 0.3) is 0 Å². The molecular weight excluding hydrogens is 589 g/mol. The van der Waals surface area contributed by atoms with E-state index < -0.39 is 28.4 Å². The number of carbonyl (C=O) groups is 2. The van der Waals surface area contributed by atoms with E-state index in [0.29, 0.717) is 19.5 Å². The van der Waals surface area contributed by atoms with Gasteiger partial charge in [0.2, 0.25) is 0 Å². The Labute approximate surface area is 269 Å². The predicted octanol–water partition coefficient (Wildman–Crippen LogP) is 7.84. The van der Waals surface area contributed by atoms with Crippen LogP contribution >= 0.6 is 11.6 Å². The summed E-state index contributed by atoms with van der Waals surface area (Å²) in [6.45, 7) is 5.70. The molecule has 3 saturated carbocycles. The van der Waals surface area contributed by atoms with Crippen LogP contribution in [0, 0.1) is 39.3 Å². The number of rotatable bonds is 5. The van der Waals surface area contributed by atoms with E-state index in [-0.39, 0.29) is 51.5 Å². The van der Waals surface area contributed by atoms with Gasteiger partial charge in [0.05, 0.1) is 12.6 Å². The minimum Gasteiger partial charge on any atom is -0.440 e. The lowest BCUT2D eigenvalue weighted by Gasteiger charge is -2.71. The molecule has 6 aliphatic carbocycles. The standard InChI is InChI=1S/C38H41ClFNO4/c1-34-14-11-25(42)20-36(34)17-18-38(27(21-36)30(43)19-26-28(39)9-6-10-29(26)40)31(34)12-15-35(2)32(38)13-16-37(35)23-41(33(44)45-37)22-24-7-4-3-5-8-24/h3-10,17-18,21,25,31-32,42H,11-16,19-20,22-23H2,1-2H3. The topological polar surface area (TPSA) is 66.8 Å². The fraction of sp³-hybridized carbons (Fsp3) is 0.526. The summed E-state index contributed by atoms with van der Waals surface area (Å²) in [6.07, 6.45) is 11.6. The van der Waals surface area contributed by atoms with Gasteiger partial charge < -0.3 is 9.84 Å². The zero-order valence-corrected chi connectivity index (χ0v) is 26.8. The molecule has 236 valence electrons. The Kier molecular flexibility index (Phi) is 6.40. The highest BCUT2D eigenvalue weighted by Crippen LogP contribution is 2.79. The third-order valence-corrected chi connectivity index (χ3v) is 13.9. The van der Waals surface area contributed by atoms with Gasteiger partial charge in [0.1, 0.15) is 11.4 Å². The molecule has 7 heteroatoms. The molecule has 2 aromatic carbocycles. The van der Waals surface area contributed by atoms with Gasteiger partial charge in [0.15, 0.2) is 5.78 Å². The van der Waals surface area contributed by atoms with Gasteiger partial charge in [-0.3, -0.25) is 9.69 Å². The zero-order valence-electron chi connectivity index (χ0n) is 26.0. The molecule has 0 aromatic heterocycles. The Balaban J connectivity index is 1.22. The number of fused-ring (bicyclic) bond motifs is 2. The van der Waals surface area contributed by atoms with E-state index in [2.05, 4.69) is 32.1 Å². The summed E-state index contributed by atoms with van der Waals surface area (Å²) in [6, 6.07) is 14.6. The van der Waals surface area contributed by atoms with Crippen molar-refractivity contribution in [2.45, 2.75) is 83.5 Å². The molecule has 9 rings (SSSR count). The zero-order chi connectivity index (χ0) is 31.4. The number of allylic oxidation sites excluding steroid dienone is 4. The number of aliphatic hydroxyl groups is 1. The van der Waals surface area contributed by atoms with E-state index in [1.54, 1.807) is 12.1 Å². The predicted molar refractivity (Wildman–Crippen MR) is 170 cm³/mol. The maximum atomic E-state index is 15.0. The first kappa shape index (κ1) is 29.4. The second-order valence-electron chi connectivity index (χ2n) is 15.3. The van der Waals surface area contributed by atoms with Gasteiger partial charge in [-0.15, -0.1) is 0 Å². The van der Waals surface area contributed by atoms with Crippen molar-refractivity contribution in [3.8, 4) is 0 Å². The molecule has 2 bridgehead atoms. The van der Waals surface area contributed by atoms with Crippen molar-refractivity contribution in [2.24, 2.45) is 33.5 Å². The Bertz CT molecular complexity index is 1640. The average molecular weight is 630 g/mol. The van der Waals surface area contributed by atoms with Crippen molar-refractivity contribution >= 4 is 23.5 Å². The van der Waals surface area contributed by atoms with Gasteiger partial charge in [-0.25, -0.2) is 9.18 Å². The van der Waals surface area contributed by atoms with Gasteiger partial charge in [-0.05, 0) is 79.9 Å². The third kappa shape index (κ3) is 3.82. The number of aliphatic hydroxyl groups excluding tert-OH is 1. The summed E-state index contributed by atoms with van der Waals surface area (Å²) in [5.74, 6) is -0.314. The van der Waals surface area contributed by atoms with Gasteiger partial charge in [0, 0.05) is 45.4 Å². The smallest absolute Gasteiger partial charge is 0.410 e. The fourth-order valence-electron chi connectivity index (χ4n) is 11.3. The molecule has 2 aromatic rings. The van der Waals surface area contributed by atoms with Gasteiger partial charge >= 0.3 is 6.09 Å². The molecular formula is C38H41ClFNO4. The number of halogens is 2. The van der Waals surface area contributed by atoms with E-state index in [9.17, 15) is 14.7 Å². The van der Waals surface area contributed by atoms with Crippen molar-refractivity contribution in [1.82, 2.24) is 4.90 Å². The molecule has 1 heterocycles. The number of benzene rings is 2. The van der Waals surface area contributed by atoms with E-state index in [4.69, 9.17) is 16.3 Å². The molecule has 5 nitrogen and oxygen atoms in total. The lowest BCUT2D eigenvalue weighted by Crippen LogP contribution is -2.67. The number of carbonyl (C=O) groups excluding carboxylic acids is 2. The number of ketones is 1. The molecule has 3 spiro atoms. The normalized spacial score (nSPS) is 41.0. The third-order valence-electron chi connectivity index (χ3n) is 13.6. The van der Waals surface area contributed by atoms with Gasteiger partial charge in [0.25, 0.3) is 0 Å². The summed E-state index contributed by atoms with van der Waals surface area (Å²) in [4.78, 5) is 29.9. The van der Waals surface area contributed by atoms with Crippen LogP contribution in [0.2, 0.25) is 5.02 Å². The number of ether oxygens (including phenoxy) is 1. The van der Waals surface area contributed by atoms with Crippen molar-refractivity contribution in [3.05, 3.63) is 94.3 Å². The van der Waals surface area contributed by atoms with Gasteiger partial charge in [-0.1, -0.05) is 80.1 Å². The quantitative estimate of drug-likeness (QED) is 0.342. The first-order valence-electron chi connectivity index (χ1n) is 16.6. The lowest BCUT2D eigenvalue weighted by molar-refractivity contribution is -0.168. The maximum absolute atomic E-state index is 15.0. The monoisotopic (exact) mass is 629 g/mol. The first-order valence-corrected chi connectivity index (χ1v) is 16.9. The molecule has 1 saturated heterocycles. The minimum atomic E-state index is -0.643. The minimum absolute atomic E-state index is 0.0674. The molecule has 4 fully saturated rings. The summed E-state index contributed by atoms with van der Waals surface area (Å²) in [7, 11) is 0. The molecule has 1 amide bonds. The molecule has 1 aliphatic heterocycles. The highest BCUT2D eigenvalue weighted by molar-refractivity contribution is 6.31. The summed E-state index contributed by atoms with van der Waals surface area (Å²) < 4.78 is 21.5. The van der Waals surface area contributed by atoms with Crippen LogP contribution in [0.15, 0.2) is 72.3 Å². The number of hydrogen-bond acceptors (Lipinski definition) is 4. The van der Waals surface area contributed by atoms with Crippen LogP contribution in [0.5, 0.6) is 0 Å². The second kappa shape index (κ2) is 9.78. The number of hydrogen-bond donors (Lipinski definition) is 1. The average Bonchev–Trinajstić information content (AvgIpc) is 3.49. The van der Waals surface area contributed by atoms with Crippen LogP contribution in [0.4, 0.5) is 9.18 Å². The molecule has 1 N–H and O–H groups in total. The summed E-state index contributed by atoms with van der Waals surface area (Å²) in [5.41, 5.74) is -0.0669. The van der Waals surface area contributed by atoms with E-state index in [0.717, 1.165) is 49.7 Å². The molecule has 8 unspecified atom stereocenters. The Morgan fingerprint density at radius 3 is 2.51 bits per heavy atom. The SMILES string of the molecule is CC12CCC(O)CC13C=CC1(C(C(=O)Cc4c(F)cccc4Cl)=C3)C2CCC2(C)C1CCC21CN(Cc2ccccc2)C(=O)O1. The van der Waals surface area contributed by atoms with Crippen LogP contribution in [-0.4, -0.2) is 40.1 Å². The summed E-state index contributed by atoms with van der Waals surface area (Å²) in [5, 5.41) is 11.2. The Morgan fingerprint density at radius 1 is 1.00 bits per heavy atom. The van der Waals surface area contributed by atoms with Crippen LogP contribution in [0.3, 0.4) is 0 Å². The van der Waals surface area contributed by atoms with Crippen LogP contribution in [-0.2, 0) is 22.5 Å². The Morgan fingerprint density at radius 2 is 1.73 bits per heavy atom. The summed E-state index contributed by atoms with van der Waals surface area (Å²) >= 11 is 6.44. The fourth-order valence-corrected chi connectivity index (χ4v) is 11.6. The molecule has 45 heavy (non-hydrogen) atoms. The van der Waals surface area contributed by atoms with E-state index in [1.165, 1.54) is 6.07 Å². The molecule has 7 aliphatic rings. The van der Waals surface area contributed by atoms with E-state index >= 15 is 4.39 Å². The van der Waals surface area contributed by atoms with Crippen LogP contribution in [0.1, 0.15) is 69.9 Å². The largest absolute Gasteiger partial charge is 0.440 e. The van der Waals surface area contributed by atoms with Crippen molar-refractivity contribution < 1.29 is 23.8 Å². The number of Topliss-reactive ketones (excluding diaryl/α,β-unsaturated/α-hetero) is 1. The molecule has 8 atom stereocenters. The van der Waals surface area contributed by atoms with Crippen molar-refractivity contribution in [2.75, 3.05) is 6.54 Å². The lowest BCUT2D eigenvalue weighted by atomic mass is 9.32. The van der Waals surface area contributed by atoms with Crippen molar-refractivity contribution in [1.29, 1.82) is 0 Å². The Hall–Kier alpha value is -2.96. The first-order chi connectivity index (χ1) is 21.5. The maximum Gasteiger partial charge on any atom is 0.410 e.